The number of nitrogens with zero attached hydrogens (tertiary/aromatic N) is 3. The summed E-state index contributed by atoms with van der Waals surface area (Å²) in [6, 6.07) is 0.175. The molecule has 2 heterocycles. The summed E-state index contributed by atoms with van der Waals surface area (Å²) in [5.74, 6) is 0.540. The highest BCUT2D eigenvalue weighted by Crippen LogP contribution is 2.28. The van der Waals surface area contributed by atoms with Gasteiger partial charge in [0.25, 0.3) is 5.91 Å². The second-order valence-electron chi connectivity index (χ2n) is 7.35. The molecule has 28 heavy (non-hydrogen) atoms. The summed E-state index contributed by atoms with van der Waals surface area (Å²) in [4.78, 5) is 27.3. The summed E-state index contributed by atoms with van der Waals surface area (Å²) in [5, 5.41) is 3.20. The van der Waals surface area contributed by atoms with Crippen LogP contribution in [0.25, 0.3) is 10.7 Å². The number of thiazole rings is 1. The zero-order valence-electron chi connectivity index (χ0n) is 16.1. The van der Waals surface area contributed by atoms with Gasteiger partial charge >= 0.3 is 0 Å². The van der Waals surface area contributed by atoms with Gasteiger partial charge in [-0.1, -0.05) is 0 Å². The maximum Gasteiger partial charge on any atom is 0.270 e. The predicted molar refractivity (Wildman–Crippen MR) is 107 cm³/mol. The van der Waals surface area contributed by atoms with Crippen LogP contribution in [0, 0.1) is 0 Å². The largest absolute Gasteiger partial charge is 0.382 e. The van der Waals surface area contributed by atoms with Crippen LogP contribution in [-0.2, 0) is 22.3 Å². The van der Waals surface area contributed by atoms with Crippen LogP contribution in [0.15, 0.2) is 11.7 Å². The Labute approximate surface area is 168 Å². The maximum absolute atomic E-state index is 13.0. The van der Waals surface area contributed by atoms with Crippen molar-refractivity contribution < 1.29 is 14.3 Å². The van der Waals surface area contributed by atoms with Crippen molar-refractivity contribution in [3.8, 4) is 10.7 Å². The molecule has 1 fully saturated rings. The summed E-state index contributed by atoms with van der Waals surface area (Å²) in [6.07, 6.45) is 8.62. The van der Waals surface area contributed by atoms with E-state index >= 15 is 0 Å². The molecule has 0 bridgehead atoms. The number of aryl methyl sites for hydroxylation is 1. The summed E-state index contributed by atoms with van der Waals surface area (Å²) in [6.45, 7) is 1.25. The van der Waals surface area contributed by atoms with E-state index in [2.05, 4.69) is 20.3 Å². The molecule has 150 valence electrons. The van der Waals surface area contributed by atoms with Gasteiger partial charge in [0.2, 0.25) is 0 Å². The van der Waals surface area contributed by atoms with Crippen molar-refractivity contribution in [2.75, 3.05) is 20.3 Å². The summed E-state index contributed by atoms with van der Waals surface area (Å²) in [7, 11) is 1.68. The molecule has 7 nitrogen and oxygen atoms in total. The third kappa shape index (κ3) is 4.39. The second kappa shape index (κ2) is 9.07. The third-order valence-corrected chi connectivity index (χ3v) is 6.22. The van der Waals surface area contributed by atoms with Gasteiger partial charge in [-0.3, -0.25) is 9.78 Å². The molecular formula is C20H26N4O3S. The quantitative estimate of drug-likeness (QED) is 0.717. The number of rotatable bonds is 7. The van der Waals surface area contributed by atoms with Crippen LogP contribution in [0.5, 0.6) is 0 Å². The van der Waals surface area contributed by atoms with E-state index in [1.54, 1.807) is 18.8 Å². The molecule has 0 unspecified atom stereocenters. The number of hydrogen-bond acceptors (Lipinski definition) is 7. The van der Waals surface area contributed by atoms with Gasteiger partial charge in [0.05, 0.1) is 29.7 Å². The number of nitrogens with one attached hydrogen (secondary N) is 1. The smallest absolute Gasteiger partial charge is 0.270 e. The van der Waals surface area contributed by atoms with Crippen LogP contribution in [0.3, 0.4) is 0 Å². The minimum absolute atomic E-state index is 0.0740. The Kier molecular flexibility index (Phi) is 6.29. The molecule has 0 radical (unpaired) electrons. The monoisotopic (exact) mass is 402 g/mol. The number of aromatic nitrogens is 3. The SMILES string of the molecule is COCCOC1CCC(NC(=O)c2nc(-c3cncs3)nc3c2CCC3)CC1. The van der Waals surface area contributed by atoms with E-state index in [0.29, 0.717) is 24.7 Å². The van der Waals surface area contributed by atoms with Gasteiger partial charge in [-0.2, -0.15) is 0 Å². The first-order chi connectivity index (χ1) is 13.7. The minimum atomic E-state index is -0.0740. The maximum atomic E-state index is 13.0. The van der Waals surface area contributed by atoms with Crippen LogP contribution in [-0.4, -0.2) is 53.3 Å². The van der Waals surface area contributed by atoms with E-state index in [4.69, 9.17) is 9.47 Å². The molecule has 2 aromatic heterocycles. The molecular weight excluding hydrogens is 376 g/mol. The fourth-order valence-electron chi connectivity index (χ4n) is 3.98. The van der Waals surface area contributed by atoms with E-state index in [9.17, 15) is 4.79 Å². The van der Waals surface area contributed by atoms with Crippen molar-refractivity contribution in [3.63, 3.8) is 0 Å². The first-order valence-electron chi connectivity index (χ1n) is 9.94. The number of fused-ring (bicyclic) bond motifs is 1. The summed E-state index contributed by atoms with van der Waals surface area (Å²) in [5.41, 5.74) is 4.34. The van der Waals surface area contributed by atoms with Crippen molar-refractivity contribution in [2.24, 2.45) is 0 Å². The van der Waals surface area contributed by atoms with Gasteiger partial charge in [-0.25, -0.2) is 9.97 Å². The molecule has 0 spiro atoms. The summed E-state index contributed by atoms with van der Waals surface area (Å²) >= 11 is 1.50. The summed E-state index contributed by atoms with van der Waals surface area (Å²) < 4.78 is 10.8. The van der Waals surface area contributed by atoms with Gasteiger partial charge in [-0.15, -0.1) is 11.3 Å². The molecule has 2 aromatic rings. The number of methoxy groups -OCH3 is 1. The van der Waals surface area contributed by atoms with Gasteiger partial charge < -0.3 is 14.8 Å². The average molecular weight is 403 g/mol. The molecule has 1 saturated carbocycles. The van der Waals surface area contributed by atoms with Crippen molar-refractivity contribution in [3.05, 3.63) is 28.7 Å². The molecule has 8 heteroatoms. The lowest BCUT2D eigenvalue weighted by Crippen LogP contribution is -2.40. The van der Waals surface area contributed by atoms with Gasteiger partial charge in [0.1, 0.15) is 5.69 Å². The highest BCUT2D eigenvalue weighted by molar-refractivity contribution is 7.13. The molecule has 0 aliphatic heterocycles. The lowest BCUT2D eigenvalue weighted by atomic mass is 9.92. The highest BCUT2D eigenvalue weighted by atomic mass is 32.1. The molecule has 0 atom stereocenters. The number of hydrogen-bond donors (Lipinski definition) is 1. The fraction of sp³-hybridized carbons (Fsp3) is 0.600. The zero-order chi connectivity index (χ0) is 19.3. The van der Waals surface area contributed by atoms with Gasteiger partial charge in [0.15, 0.2) is 5.82 Å². The molecule has 4 rings (SSSR count). The molecule has 2 aliphatic rings. The number of carbonyl (C=O) groups is 1. The van der Waals surface area contributed by atoms with E-state index < -0.39 is 0 Å². The first kappa shape index (κ1) is 19.4. The fourth-order valence-corrected chi connectivity index (χ4v) is 4.54. The Morgan fingerprint density at radius 3 is 2.82 bits per heavy atom. The Morgan fingerprint density at radius 1 is 1.21 bits per heavy atom. The lowest BCUT2D eigenvalue weighted by Gasteiger charge is -2.29. The van der Waals surface area contributed by atoms with Gasteiger partial charge in [-0.05, 0) is 44.9 Å². The average Bonchev–Trinajstić information content (AvgIpc) is 3.40. The van der Waals surface area contributed by atoms with Crippen molar-refractivity contribution in [1.29, 1.82) is 0 Å². The molecule has 1 amide bonds. The van der Waals surface area contributed by atoms with Crippen LogP contribution in [0.4, 0.5) is 0 Å². The van der Waals surface area contributed by atoms with Crippen molar-refractivity contribution >= 4 is 17.2 Å². The molecule has 0 saturated heterocycles. The topological polar surface area (TPSA) is 86.2 Å². The van der Waals surface area contributed by atoms with Crippen LogP contribution in [0.1, 0.15) is 53.8 Å². The molecule has 1 N–H and O–H groups in total. The standard InChI is InChI=1S/C20H26N4O3S/c1-26-9-10-27-14-7-5-13(6-8-14)22-20(25)18-15-3-2-4-16(15)23-19(24-18)17-11-21-12-28-17/h11-14H,2-10H2,1H3,(H,22,25). The highest BCUT2D eigenvalue weighted by Gasteiger charge is 2.27. The normalized spacial score (nSPS) is 21.5. The van der Waals surface area contributed by atoms with Crippen molar-refractivity contribution in [1.82, 2.24) is 20.3 Å². The molecule has 0 aromatic carbocycles. The van der Waals surface area contributed by atoms with Crippen molar-refractivity contribution in [2.45, 2.75) is 57.1 Å². The third-order valence-electron chi connectivity index (χ3n) is 5.45. The van der Waals surface area contributed by atoms with E-state index in [1.807, 2.05) is 0 Å². The predicted octanol–water partition coefficient (Wildman–Crippen LogP) is 2.79. The minimum Gasteiger partial charge on any atom is -0.382 e. The first-order valence-corrected chi connectivity index (χ1v) is 10.8. The second-order valence-corrected chi connectivity index (χ2v) is 8.24. The Hall–Kier alpha value is -1.90. The van der Waals surface area contributed by atoms with E-state index in [0.717, 1.165) is 61.1 Å². The van der Waals surface area contributed by atoms with Crippen LogP contribution < -0.4 is 5.32 Å². The zero-order valence-corrected chi connectivity index (χ0v) is 17.0. The van der Waals surface area contributed by atoms with E-state index in [-0.39, 0.29) is 18.1 Å². The Morgan fingerprint density at radius 2 is 2.07 bits per heavy atom. The number of ether oxygens (including phenoxy) is 2. The van der Waals surface area contributed by atoms with Crippen LogP contribution in [0.2, 0.25) is 0 Å². The van der Waals surface area contributed by atoms with Gasteiger partial charge in [0, 0.05) is 30.6 Å². The lowest BCUT2D eigenvalue weighted by molar-refractivity contribution is -0.00409. The Bertz CT molecular complexity index is 804. The molecule has 2 aliphatic carbocycles. The Balaban J connectivity index is 1.41. The van der Waals surface area contributed by atoms with E-state index in [1.165, 1.54) is 11.3 Å². The van der Waals surface area contributed by atoms with Crippen LogP contribution >= 0.6 is 11.3 Å². The number of carbonyl (C=O) groups excluding carboxylic acids is 1. The number of amides is 1.